The number of methoxy groups -OCH3 is 2. The first-order valence-corrected chi connectivity index (χ1v) is 21.8. The molecule has 4 atom stereocenters. The minimum atomic E-state index is -0.961. The molecule has 1 spiro atoms. The minimum absolute atomic E-state index is 0.117. The summed E-state index contributed by atoms with van der Waals surface area (Å²) in [4.78, 5) is 73.0. The number of alkyl carbamates (subject to hydrolysis) is 2. The van der Waals surface area contributed by atoms with Crippen molar-refractivity contribution >= 4 is 45.8 Å². The number of nitrogens with zero attached hydrogens (tertiary/aromatic N) is 4. The standard InChI is InChI=1S/C46H54N8O9/c1-26(2)37(51-44(57)59-3)42(55)53-17-5-6-35(53)40-47-24-34(49-40)28-9-7-27(8-10-28)30-11-13-32-31(22-30)12-14-33-39(32)50-41(48-33)36-23-46(62-20-21-63-46)25-54(36)43(56)38(52-45(58)60-4)29-15-18-61-19-16-29/h7-14,22,24,26,29,35-38H,5-6,15-21,23,25H2,1-4H3,(H,47,49)(H,48,50)(H,51,57)(H,52,58)/t35-,36-,37-,38?/m0/s1. The summed E-state index contributed by atoms with van der Waals surface area (Å²) in [7, 11) is 2.58. The van der Waals surface area contributed by atoms with Gasteiger partial charge in [0, 0.05) is 31.6 Å². The molecule has 0 saturated carbocycles. The van der Waals surface area contributed by atoms with Crippen molar-refractivity contribution in [1.82, 2.24) is 40.4 Å². The molecule has 6 heterocycles. The van der Waals surface area contributed by atoms with Crippen molar-refractivity contribution in [2.75, 3.05) is 53.7 Å². The number of fused-ring (bicyclic) bond motifs is 3. The predicted octanol–water partition coefficient (Wildman–Crippen LogP) is 5.99. The molecule has 4 aliphatic rings. The molecule has 4 amide bonds. The van der Waals surface area contributed by atoms with Crippen molar-refractivity contribution in [2.24, 2.45) is 11.8 Å². The van der Waals surface area contributed by atoms with Crippen molar-refractivity contribution in [3.63, 3.8) is 0 Å². The number of H-pyrrole nitrogens is 2. The fourth-order valence-corrected chi connectivity index (χ4v) is 9.66. The Morgan fingerprint density at radius 2 is 1.51 bits per heavy atom. The number of aromatic nitrogens is 4. The lowest BCUT2D eigenvalue weighted by molar-refractivity contribution is -0.154. The number of carbonyl (C=O) groups excluding carboxylic acids is 4. The maximum Gasteiger partial charge on any atom is 0.407 e. The molecular formula is C46H54N8O9. The van der Waals surface area contributed by atoms with Crippen molar-refractivity contribution in [2.45, 2.75) is 75.9 Å². The molecule has 4 saturated heterocycles. The number of amides is 4. The van der Waals surface area contributed by atoms with Crippen LogP contribution in [-0.4, -0.2) is 125 Å². The highest BCUT2D eigenvalue weighted by Gasteiger charge is 2.53. The number of hydrogen-bond donors (Lipinski definition) is 4. The summed E-state index contributed by atoms with van der Waals surface area (Å²) in [5, 5.41) is 7.50. The second-order valence-corrected chi connectivity index (χ2v) is 17.2. The van der Waals surface area contributed by atoms with E-state index in [0.717, 1.165) is 57.0 Å². The first kappa shape index (κ1) is 42.3. The molecule has 0 bridgehead atoms. The number of hydrogen-bond acceptors (Lipinski definition) is 11. The third-order valence-corrected chi connectivity index (χ3v) is 13.0. The van der Waals surface area contributed by atoms with Crippen LogP contribution in [0.2, 0.25) is 0 Å². The molecule has 9 rings (SSSR count). The van der Waals surface area contributed by atoms with Gasteiger partial charge in [-0.1, -0.05) is 56.3 Å². The number of benzene rings is 3. The highest BCUT2D eigenvalue weighted by atomic mass is 16.7. The number of imidazole rings is 2. The van der Waals surface area contributed by atoms with Gasteiger partial charge in [0.25, 0.3) is 0 Å². The largest absolute Gasteiger partial charge is 0.453 e. The second kappa shape index (κ2) is 17.6. The molecule has 4 aliphatic heterocycles. The van der Waals surface area contributed by atoms with E-state index in [1.807, 2.05) is 19.9 Å². The lowest BCUT2D eigenvalue weighted by Crippen LogP contribution is -2.54. The molecule has 0 radical (unpaired) electrons. The maximum absolute atomic E-state index is 14.5. The van der Waals surface area contributed by atoms with Crippen LogP contribution >= 0.6 is 0 Å². The average molecular weight is 863 g/mol. The second-order valence-electron chi connectivity index (χ2n) is 17.2. The van der Waals surface area contributed by atoms with E-state index in [0.29, 0.717) is 63.9 Å². The molecule has 17 heteroatoms. The van der Waals surface area contributed by atoms with Gasteiger partial charge in [0.05, 0.1) is 69.0 Å². The van der Waals surface area contributed by atoms with Crippen LogP contribution in [-0.2, 0) is 33.3 Å². The summed E-state index contributed by atoms with van der Waals surface area (Å²) in [6, 6.07) is 16.4. The van der Waals surface area contributed by atoms with Crippen molar-refractivity contribution in [3.8, 4) is 22.4 Å². The van der Waals surface area contributed by atoms with E-state index < -0.39 is 36.1 Å². The fourth-order valence-electron chi connectivity index (χ4n) is 9.66. The molecule has 5 aromatic rings. The molecule has 2 aromatic heterocycles. The fraction of sp³-hybridized carbons (Fsp3) is 0.478. The Morgan fingerprint density at radius 1 is 0.794 bits per heavy atom. The molecular weight excluding hydrogens is 809 g/mol. The number of ether oxygens (including phenoxy) is 5. The van der Waals surface area contributed by atoms with Gasteiger partial charge in [-0.2, -0.15) is 0 Å². The van der Waals surface area contributed by atoms with Crippen molar-refractivity contribution in [1.29, 1.82) is 0 Å². The van der Waals surface area contributed by atoms with Gasteiger partial charge in [0.1, 0.15) is 23.7 Å². The van der Waals surface area contributed by atoms with Gasteiger partial charge in [0.15, 0.2) is 5.79 Å². The van der Waals surface area contributed by atoms with Gasteiger partial charge in [-0.3, -0.25) is 9.59 Å². The van der Waals surface area contributed by atoms with Gasteiger partial charge in [-0.15, -0.1) is 0 Å². The highest BCUT2D eigenvalue weighted by Crippen LogP contribution is 2.44. The summed E-state index contributed by atoms with van der Waals surface area (Å²) >= 11 is 0. The first-order valence-electron chi connectivity index (χ1n) is 21.8. The Balaban J connectivity index is 0.938. The molecule has 3 aromatic carbocycles. The van der Waals surface area contributed by atoms with E-state index in [-0.39, 0.29) is 36.2 Å². The summed E-state index contributed by atoms with van der Waals surface area (Å²) in [5.41, 5.74) is 5.51. The molecule has 332 valence electrons. The van der Waals surface area contributed by atoms with Gasteiger partial charge in [0.2, 0.25) is 11.8 Å². The highest BCUT2D eigenvalue weighted by molar-refractivity contribution is 6.05. The van der Waals surface area contributed by atoms with E-state index in [4.69, 9.17) is 33.7 Å². The zero-order valence-electron chi connectivity index (χ0n) is 36.0. The van der Waals surface area contributed by atoms with Crippen LogP contribution in [0.1, 0.15) is 69.7 Å². The Labute approximate surface area is 364 Å². The maximum atomic E-state index is 14.5. The SMILES string of the molecule is COC(=O)NC(C(=O)N1CC2(C[C@H]1c1nc3c(ccc4cc(-c5ccc(-c6cnc([C@@H]7CCCN7C(=O)[C@@H](NC(=O)OC)C(C)C)[nH]6)cc5)ccc43)[nH]1)OCCO2)C1CCOCC1. The van der Waals surface area contributed by atoms with Crippen LogP contribution in [0, 0.1) is 11.8 Å². The topological polar surface area (TPSA) is 202 Å². The van der Waals surface area contributed by atoms with E-state index in [1.165, 1.54) is 14.2 Å². The van der Waals surface area contributed by atoms with E-state index in [9.17, 15) is 19.2 Å². The number of rotatable bonds is 10. The summed E-state index contributed by atoms with van der Waals surface area (Å²) < 4.78 is 27.5. The zero-order chi connectivity index (χ0) is 43.8. The zero-order valence-corrected chi connectivity index (χ0v) is 36.0. The van der Waals surface area contributed by atoms with Crippen LogP contribution < -0.4 is 10.6 Å². The number of likely N-dealkylation sites (tertiary alicyclic amines) is 2. The summed E-state index contributed by atoms with van der Waals surface area (Å²) in [6.07, 6.45) is 3.77. The van der Waals surface area contributed by atoms with Crippen LogP contribution in [0.3, 0.4) is 0 Å². The third kappa shape index (κ3) is 8.32. The number of nitrogens with one attached hydrogen (secondary N) is 4. The van der Waals surface area contributed by atoms with E-state index >= 15 is 0 Å². The first-order chi connectivity index (χ1) is 30.5. The molecule has 1 unspecified atom stereocenters. The van der Waals surface area contributed by atoms with E-state index in [2.05, 4.69) is 69.1 Å². The normalized spacial score (nSPS) is 21.0. The van der Waals surface area contributed by atoms with Crippen molar-refractivity contribution < 1.29 is 42.9 Å². The predicted molar refractivity (Wildman–Crippen MR) is 231 cm³/mol. The Bertz CT molecular complexity index is 2490. The number of aromatic amines is 2. The van der Waals surface area contributed by atoms with Gasteiger partial charge in [-0.25, -0.2) is 19.6 Å². The lowest BCUT2D eigenvalue weighted by atomic mass is 9.90. The third-order valence-electron chi connectivity index (χ3n) is 13.0. The molecule has 17 nitrogen and oxygen atoms in total. The van der Waals surface area contributed by atoms with Gasteiger partial charge in [-0.05, 0) is 71.7 Å². The minimum Gasteiger partial charge on any atom is -0.453 e. The Hall–Kier alpha value is -6.04. The number of carbonyl (C=O) groups is 4. The molecule has 0 aliphatic carbocycles. The van der Waals surface area contributed by atoms with Gasteiger partial charge < -0.3 is 54.1 Å². The lowest BCUT2D eigenvalue weighted by Gasteiger charge is -2.34. The Morgan fingerprint density at radius 3 is 2.24 bits per heavy atom. The summed E-state index contributed by atoms with van der Waals surface area (Å²) in [5.74, 6) is -0.248. The van der Waals surface area contributed by atoms with Crippen LogP contribution in [0.25, 0.3) is 44.2 Å². The van der Waals surface area contributed by atoms with Crippen LogP contribution in [0.5, 0.6) is 0 Å². The molecule has 63 heavy (non-hydrogen) atoms. The van der Waals surface area contributed by atoms with Gasteiger partial charge >= 0.3 is 12.2 Å². The van der Waals surface area contributed by atoms with Crippen LogP contribution in [0.4, 0.5) is 9.59 Å². The molecule has 4 fully saturated rings. The quantitative estimate of drug-likeness (QED) is 0.129. The van der Waals surface area contributed by atoms with Crippen molar-refractivity contribution in [3.05, 3.63) is 72.4 Å². The van der Waals surface area contributed by atoms with E-state index in [1.54, 1.807) is 16.0 Å². The Kier molecular flexibility index (Phi) is 11.8. The summed E-state index contributed by atoms with van der Waals surface area (Å²) in [6.45, 7) is 6.47. The monoisotopic (exact) mass is 862 g/mol. The average Bonchev–Trinajstić information content (AvgIpc) is 4.17. The van der Waals surface area contributed by atoms with Crippen LogP contribution in [0.15, 0.2) is 60.8 Å². The molecule has 4 N–H and O–H groups in total. The smallest absolute Gasteiger partial charge is 0.407 e.